The largest absolute Gasteiger partial charge is 0.329 e. The highest BCUT2D eigenvalue weighted by molar-refractivity contribution is 5.93. The summed E-state index contributed by atoms with van der Waals surface area (Å²) < 4.78 is 0. The summed E-state index contributed by atoms with van der Waals surface area (Å²) >= 11 is 0. The number of likely N-dealkylation sites (tertiary alicyclic amines) is 1. The molecule has 1 rings (SSSR count). The van der Waals surface area contributed by atoms with Crippen molar-refractivity contribution < 1.29 is 4.79 Å². The van der Waals surface area contributed by atoms with Crippen LogP contribution in [0.25, 0.3) is 0 Å². The van der Waals surface area contributed by atoms with Crippen molar-refractivity contribution in [2.24, 2.45) is 5.92 Å². The first kappa shape index (κ1) is 9.12. The molecule has 0 aromatic carbocycles. The smallest absolute Gasteiger partial charge is 0.298 e. The quantitative estimate of drug-likeness (QED) is 0.536. The molecule has 12 heavy (non-hydrogen) atoms. The van der Waals surface area contributed by atoms with Gasteiger partial charge in [0.1, 0.15) is 0 Å². The van der Waals surface area contributed by atoms with Gasteiger partial charge in [0, 0.05) is 12.6 Å². The van der Waals surface area contributed by atoms with Crippen molar-refractivity contribution in [1.82, 2.24) is 4.90 Å². The van der Waals surface area contributed by atoms with Crippen LogP contribution >= 0.6 is 0 Å². The van der Waals surface area contributed by atoms with Crippen molar-refractivity contribution in [3.05, 3.63) is 0 Å². The van der Waals surface area contributed by atoms with Crippen molar-refractivity contribution in [3.8, 4) is 12.3 Å². The minimum Gasteiger partial charge on any atom is -0.329 e. The van der Waals surface area contributed by atoms with E-state index in [4.69, 9.17) is 6.42 Å². The van der Waals surface area contributed by atoms with E-state index in [9.17, 15) is 4.79 Å². The lowest BCUT2D eigenvalue weighted by Gasteiger charge is -2.23. The van der Waals surface area contributed by atoms with E-state index in [0.717, 1.165) is 19.4 Å². The Bertz CT molecular complexity index is 216. The number of carbonyl (C=O) groups excluding carboxylic acids is 1. The summed E-state index contributed by atoms with van der Waals surface area (Å²) in [6.07, 6.45) is 7.17. The van der Waals surface area contributed by atoms with E-state index in [1.165, 1.54) is 0 Å². The van der Waals surface area contributed by atoms with Crippen molar-refractivity contribution in [1.29, 1.82) is 0 Å². The number of terminal acetylenes is 1. The van der Waals surface area contributed by atoms with E-state index >= 15 is 0 Å². The second-order valence-corrected chi connectivity index (χ2v) is 3.38. The van der Waals surface area contributed by atoms with E-state index < -0.39 is 0 Å². The second kappa shape index (κ2) is 3.62. The average Bonchev–Trinajstić information content (AvgIpc) is 2.45. The van der Waals surface area contributed by atoms with Crippen molar-refractivity contribution in [2.45, 2.75) is 32.7 Å². The summed E-state index contributed by atoms with van der Waals surface area (Å²) in [5, 5.41) is 0. The Balaban J connectivity index is 2.68. The molecule has 1 aliphatic heterocycles. The molecular formula is C10H15NO. The second-order valence-electron chi connectivity index (χ2n) is 3.38. The molecule has 2 nitrogen and oxygen atoms in total. The van der Waals surface area contributed by atoms with Crippen LogP contribution in [0.15, 0.2) is 0 Å². The number of amides is 1. The summed E-state index contributed by atoms with van der Waals surface area (Å²) in [5.41, 5.74) is 0. The molecule has 1 fully saturated rings. The molecule has 0 spiro atoms. The maximum Gasteiger partial charge on any atom is 0.298 e. The third kappa shape index (κ3) is 1.45. The molecule has 0 radical (unpaired) electrons. The minimum atomic E-state index is -0.147. The topological polar surface area (TPSA) is 20.3 Å². The molecule has 2 heteroatoms. The fraction of sp³-hybridized carbons (Fsp3) is 0.700. The Morgan fingerprint density at radius 3 is 2.92 bits per heavy atom. The first-order valence-electron chi connectivity index (χ1n) is 4.48. The minimum absolute atomic E-state index is 0.147. The predicted octanol–water partition coefficient (Wildman–Crippen LogP) is 1.27. The lowest BCUT2D eigenvalue weighted by molar-refractivity contribution is -0.126. The van der Waals surface area contributed by atoms with Gasteiger partial charge in [0.25, 0.3) is 5.91 Å². The van der Waals surface area contributed by atoms with Crippen molar-refractivity contribution >= 4 is 5.91 Å². The van der Waals surface area contributed by atoms with Crippen molar-refractivity contribution in [3.63, 3.8) is 0 Å². The van der Waals surface area contributed by atoms with Crippen molar-refractivity contribution in [2.75, 3.05) is 6.54 Å². The normalized spacial score (nSPS) is 28.6. The molecule has 1 aliphatic rings. The van der Waals surface area contributed by atoms with Gasteiger partial charge in [-0.1, -0.05) is 13.8 Å². The zero-order valence-corrected chi connectivity index (χ0v) is 7.71. The molecule has 1 amide bonds. The third-order valence-corrected chi connectivity index (χ3v) is 2.69. The lowest BCUT2D eigenvalue weighted by atomic mass is 10.0. The summed E-state index contributed by atoms with van der Waals surface area (Å²) in [6, 6.07) is 0.369. The molecular weight excluding hydrogens is 150 g/mol. The van der Waals surface area contributed by atoms with Gasteiger partial charge in [-0.15, -0.1) is 6.42 Å². The molecule has 0 N–H and O–H groups in total. The summed E-state index contributed by atoms with van der Waals surface area (Å²) in [4.78, 5) is 13.0. The molecule has 0 aliphatic carbocycles. The number of carbonyl (C=O) groups is 1. The third-order valence-electron chi connectivity index (χ3n) is 2.69. The van der Waals surface area contributed by atoms with Crippen LogP contribution in [0.2, 0.25) is 0 Å². The van der Waals surface area contributed by atoms with Crippen LogP contribution in [-0.2, 0) is 4.79 Å². The van der Waals surface area contributed by atoms with Gasteiger partial charge in [-0.2, -0.15) is 0 Å². The van der Waals surface area contributed by atoms with Gasteiger partial charge < -0.3 is 4.90 Å². The highest BCUT2D eigenvalue weighted by Crippen LogP contribution is 2.25. The standard InChI is InChI=1S/C10H15NO/c1-4-9-8(3)6-7-11(9)10(12)5-2/h2,8-9H,4,6-7H2,1,3H3. The maximum atomic E-state index is 11.2. The Morgan fingerprint density at radius 1 is 1.75 bits per heavy atom. The molecule has 2 atom stereocenters. The van der Waals surface area contributed by atoms with Gasteiger partial charge in [0.05, 0.1) is 0 Å². The average molecular weight is 165 g/mol. The fourth-order valence-electron chi connectivity index (χ4n) is 1.97. The lowest BCUT2D eigenvalue weighted by Crippen LogP contribution is -2.36. The van der Waals surface area contributed by atoms with Gasteiger partial charge in [0.15, 0.2) is 0 Å². The van der Waals surface area contributed by atoms with Crippen LogP contribution in [-0.4, -0.2) is 23.4 Å². The summed E-state index contributed by atoms with van der Waals surface area (Å²) in [6.45, 7) is 5.12. The van der Waals surface area contributed by atoms with Crippen LogP contribution < -0.4 is 0 Å². The van der Waals surface area contributed by atoms with E-state index in [1.807, 2.05) is 4.90 Å². The SMILES string of the molecule is C#CC(=O)N1CCC(C)C1CC. The Hall–Kier alpha value is -0.970. The van der Waals surface area contributed by atoms with Gasteiger partial charge in [-0.25, -0.2) is 0 Å². The number of hydrogen-bond acceptors (Lipinski definition) is 1. The zero-order valence-electron chi connectivity index (χ0n) is 7.71. The maximum absolute atomic E-state index is 11.2. The molecule has 0 aromatic rings. The highest BCUT2D eigenvalue weighted by atomic mass is 16.2. The zero-order chi connectivity index (χ0) is 9.14. The van der Waals surface area contributed by atoms with Crippen LogP contribution in [0.4, 0.5) is 0 Å². The fourth-order valence-corrected chi connectivity index (χ4v) is 1.97. The van der Waals surface area contributed by atoms with E-state index in [1.54, 1.807) is 0 Å². The monoisotopic (exact) mass is 165 g/mol. The van der Waals surface area contributed by atoms with Crippen LogP contribution in [0.5, 0.6) is 0 Å². The van der Waals surface area contributed by atoms with Gasteiger partial charge in [-0.05, 0) is 24.7 Å². The van der Waals surface area contributed by atoms with Crippen LogP contribution in [0.1, 0.15) is 26.7 Å². The summed E-state index contributed by atoms with van der Waals surface area (Å²) in [7, 11) is 0. The van der Waals surface area contributed by atoms with E-state index in [0.29, 0.717) is 12.0 Å². The Morgan fingerprint density at radius 2 is 2.42 bits per heavy atom. The Kier molecular flexibility index (Phi) is 2.75. The number of hydrogen-bond donors (Lipinski definition) is 0. The molecule has 0 bridgehead atoms. The summed E-state index contributed by atoms with van der Waals surface area (Å²) in [5.74, 6) is 2.64. The number of nitrogens with zero attached hydrogens (tertiary/aromatic N) is 1. The molecule has 0 saturated carbocycles. The molecule has 1 heterocycles. The van der Waals surface area contributed by atoms with E-state index in [-0.39, 0.29) is 5.91 Å². The van der Waals surface area contributed by atoms with Gasteiger partial charge in [0.2, 0.25) is 0 Å². The Labute approximate surface area is 73.9 Å². The first-order valence-corrected chi connectivity index (χ1v) is 4.48. The van der Waals surface area contributed by atoms with Gasteiger partial charge in [-0.3, -0.25) is 4.79 Å². The highest BCUT2D eigenvalue weighted by Gasteiger charge is 2.31. The van der Waals surface area contributed by atoms with Gasteiger partial charge >= 0.3 is 0 Å². The van der Waals surface area contributed by atoms with Crippen LogP contribution in [0.3, 0.4) is 0 Å². The molecule has 0 aromatic heterocycles. The van der Waals surface area contributed by atoms with Crippen LogP contribution in [0, 0.1) is 18.3 Å². The number of rotatable bonds is 1. The molecule has 2 unspecified atom stereocenters. The molecule has 66 valence electrons. The molecule has 1 saturated heterocycles. The van der Waals surface area contributed by atoms with E-state index in [2.05, 4.69) is 19.8 Å². The predicted molar refractivity (Wildman–Crippen MR) is 48.4 cm³/mol. The first-order chi connectivity index (χ1) is 5.70.